The number of hydrogen-bond donors (Lipinski definition) is 1. The normalized spacial score (nSPS) is 26.5. The van der Waals surface area contributed by atoms with Gasteiger partial charge in [-0.25, -0.2) is 4.90 Å². The zero-order valence-corrected chi connectivity index (χ0v) is 21.3. The number of halogens is 1. The number of benzene rings is 2. The molecule has 3 aliphatic carbocycles. The van der Waals surface area contributed by atoms with E-state index < -0.39 is 40.4 Å². The van der Waals surface area contributed by atoms with Crippen molar-refractivity contribution < 1.29 is 29.2 Å². The van der Waals surface area contributed by atoms with E-state index in [1.807, 2.05) is 6.08 Å². The first kappa shape index (κ1) is 24.2. The molecule has 38 heavy (non-hydrogen) atoms. The zero-order valence-electron chi connectivity index (χ0n) is 19.7. The fourth-order valence-electron chi connectivity index (χ4n) is 6.25. The number of hydrogen-bond acceptors (Lipinski definition) is 7. The number of Topliss-reactive ketones (excluding diaryl/α,β-unsaturated/α-hetero) is 1. The van der Waals surface area contributed by atoms with Gasteiger partial charge < -0.3 is 5.11 Å². The van der Waals surface area contributed by atoms with Gasteiger partial charge in [0.2, 0.25) is 11.8 Å². The Balaban J connectivity index is 1.47. The number of anilines is 1. The van der Waals surface area contributed by atoms with Gasteiger partial charge in [-0.2, -0.15) is 0 Å². The molecule has 0 unspecified atom stereocenters. The Morgan fingerprint density at radius 3 is 2.45 bits per heavy atom. The number of carbonyl (C=O) groups excluding carboxylic acids is 4. The third-order valence-corrected chi connectivity index (χ3v) is 8.45. The second kappa shape index (κ2) is 8.70. The van der Waals surface area contributed by atoms with E-state index in [1.54, 1.807) is 12.1 Å². The van der Waals surface area contributed by atoms with Crippen molar-refractivity contribution in [3.8, 4) is 5.75 Å². The maximum absolute atomic E-state index is 13.8. The van der Waals surface area contributed by atoms with E-state index in [-0.39, 0.29) is 46.0 Å². The van der Waals surface area contributed by atoms with Crippen LogP contribution in [0.2, 0.25) is 0 Å². The highest BCUT2D eigenvalue weighted by atomic mass is 79.9. The van der Waals surface area contributed by atoms with Crippen LogP contribution in [0.4, 0.5) is 11.4 Å². The summed E-state index contributed by atoms with van der Waals surface area (Å²) < 4.78 is 0.137. The number of nitrogens with zero attached hydrogens (tertiary/aromatic N) is 2. The molecule has 4 atom stereocenters. The van der Waals surface area contributed by atoms with Crippen molar-refractivity contribution in [2.24, 2.45) is 17.8 Å². The number of nitro benzene ring substituents is 1. The predicted octanol–water partition coefficient (Wildman–Crippen LogP) is 4.27. The smallest absolute Gasteiger partial charge is 0.271 e. The largest absolute Gasteiger partial charge is 0.508 e. The van der Waals surface area contributed by atoms with Crippen LogP contribution in [0, 0.1) is 27.9 Å². The van der Waals surface area contributed by atoms with Crippen molar-refractivity contribution in [2.45, 2.75) is 18.8 Å². The monoisotopic (exact) mass is 574 g/mol. The molecule has 0 bridgehead atoms. The molecule has 1 N–H and O–H groups in total. The van der Waals surface area contributed by atoms with Crippen molar-refractivity contribution >= 4 is 50.7 Å². The standard InChI is InChI=1S/C28H19BrN2O7/c29-21-12-22(33)25-20(26(21)34)11-19-17(23(25)13-4-6-16(32)7-5-13)8-9-18-24(19)28(36)30(27(18)35)14-2-1-3-15(10-14)31(37)38/h1-8,10,12,18-19,23-24,32H,9,11H2/t18-,19+,23-,24-/m0/s1. The van der Waals surface area contributed by atoms with E-state index in [2.05, 4.69) is 15.9 Å². The van der Waals surface area contributed by atoms with Gasteiger partial charge in [0.25, 0.3) is 5.69 Å². The van der Waals surface area contributed by atoms with Crippen molar-refractivity contribution in [1.82, 2.24) is 0 Å². The van der Waals surface area contributed by atoms with Crippen LogP contribution in [-0.2, 0) is 19.2 Å². The summed E-state index contributed by atoms with van der Waals surface area (Å²) in [6, 6.07) is 11.8. The van der Waals surface area contributed by atoms with Gasteiger partial charge in [0.05, 0.1) is 26.9 Å². The van der Waals surface area contributed by atoms with Crippen LogP contribution in [0.3, 0.4) is 0 Å². The van der Waals surface area contributed by atoms with Crippen molar-refractivity contribution in [3.05, 3.63) is 97.6 Å². The van der Waals surface area contributed by atoms with Crippen LogP contribution in [0.1, 0.15) is 24.3 Å². The molecule has 1 heterocycles. The molecule has 0 saturated carbocycles. The molecular weight excluding hydrogens is 556 g/mol. The topological polar surface area (TPSA) is 135 Å². The number of ketones is 2. The van der Waals surface area contributed by atoms with E-state index in [0.29, 0.717) is 16.7 Å². The molecule has 0 aromatic heterocycles. The Morgan fingerprint density at radius 1 is 1.00 bits per heavy atom. The van der Waals surface area contributed by atoms with Crippen LogP contribution < -0.4 is 4.90 Å². The summed E-state index contributed by atoms with van der Waals surface area (Å²) in [4.78, 5) is 65.5. The molecule has 1 fully saturated rings. The number of non-ortho nitro benzene ring substituents is 1. The number of phenolic OH excluding ortho intramolecular Hbond substituents is 1. The highest BCUT2D eigenvalue weighted by Gasteiger charge is 2.56. The molecule has 2 aromatic rings. The lowest BCUT2D eigenvalue weighted by molar-refractivity contribution is -0.384. The summed E-state index contributed by atoms with van der Waals surface area (Å²) in [7, 11) is 0. The van der Waals surface area contributed by atoms with Crippen molar-refractivity contribution in [1.29, 1.82) is 0 Å². The summed E-state index contributed by atoms with van der Waals surface area (Å²) in [6.07, 6.45) is 3.52. The fourth-order valence-corrected chi connectivity index (χ4v) is 6.70. The number of phenols is 1. The average molecular weight is 575 g/mol. The minimum absolute atomic E-state index is 0.0471. The second-order valence-electron chi connectivity index (χ2n) is 9.77. The lowest BCUT2D eigenvalue weighted by Gasteiger charge is -2.42. The van der Waals surface area contributed by atoms with Gasteiger partial charge in [0, 0.05) is 35.3 Å². The number of allylic oxidation sites excluding steroid dienone is 6. The van der Waals surface area contributed by atoms with E-state index >= 15 is 0 Å². The van der Waals surface area contributed by atoms with Crippen LogP contribution in [0.15, 0.2) is 81.9 Å². The minimum atomic E-state index is -0.789. The Hall–Kier alpha value is -4.18. The van der Waals surface area contributed by atoms with Gasteiger partial charge in [0.15, 0.2) is 11.6 Å². The third-order valence-electron chi connectivity index (χ3n) is 7.86. The predicted molar refractivity (Wildman–Crippen MR) is 138 cm³/mol. The number of fused-ring (bicyclic) bond motifs is 3. The summed E-state index contributed by atoms with van der Waals surface area (Å²) in [5, 5.41) is 21.1. The highest BCUT2D eigenvalue weighted by Crippen LogP contribution is 2.55. The molecule has 1 aliphatic heterocycles. The quantitative estimate of drug-likeness (QED) is 0.190. The Bertz CT molecular complexity index is 1570. The average Bonchev–Trinajstić information content (AvgIpc) is 3.16. The van der Waals surface area contributed by atoms with Gasteiger partial charge >= 0.3 is 0 Å². The van der Waals surface area contributed by atoms with E-state index in [0.717, 1.165) is 10.5 Å². The minimum Gasteiger partial charge on any atom is -0.508 e. The Kier molecular flexibility index (Phi) is 5.53. The molecule has 9 nitrogen and oxygen atoms in total. The molecular formula is C28H19BrN2O7. The lowest BCUT2D eigenvalue weighted by Crippen LogP contribution is -2.39. The van der Waals surface area contributed by atoms with Crippen LogP contribution >= 0.6 is 15.9 Å². The zero-order chi connectivity index (χ0) is 26.9. The number of carbonyl (C=O) groups is 4. The molecule has 1 saturated heterocycles. The van der Waals surface area contributed by atoms with Crippen molar-refractivity contribution in [3.63, 3.8) is 0 Å². The Labute approximate surface area is 224 Å². The number of aromatic hydroxyl groups is 1. The molecule has 6 rings (SSSR count). The molecule has 4 aliphatic rings. The van der Waals surface area contributed by atoms with Gasteiger partial charge in [0.1, 0.15) is 5.75 Å². The molecule has 2 amide bonds. The number of amides is 2. The number of nitro groups is 1. The summed E-state index contributed by atoms with van der Waals surface area (Å²) in [6.45, 7) is 0. The molecule has 0 radical (unpaired) electrons. The first-order chi connectivity index (χ1) is 18.2. The number of rotatable bonds is 3. The maximum atomic E-state index is 13.8. The Morgan fingerprint density at radius 2 is 1.74 bits per heavy atom. The van der Waals surface area contributed by atoms with Crippen molar-refractivity contribution in [2.75, 3.05) is 4.90 Å². The van der Waals surface area contributed by atoms with Crippen LogP contribution in [0.5, 0.6) is 5.75 Å². The lowest BCUT2D eigenvalue weighted by atomic mass is 9.59. The molecule has 10 heteroatoms. The molecule has 190 valence electrons. The van der Waals surface area contributed by atoms with E-state index in [9.17, 15) is 34.4 Å². The first-order valence-electron chi connectivity index (χ1n) is 12.0. The van der Waals surface area contributed by atoms with Gasteiger partial charge in [-0.1, -0.05) is 29.8 Å². The van der Waals surface area contributed by atoms with Crippen LogP contribution in [0.25, 0.3) is 0 Å². The van der Waals surface area contributed by atoms with Gasteiger partial charge in [-0.15, -0.1) is 0 Å². The summed E-state index contributed by atoms with van der Waals surface area (Å²) >= 11 is 3.19. The van der Waals surface area contributed by atoms with Gasteiger partial charge in [-0.3, -0.25) is 29.3 Å². The SMILES string of the molecule is O=C1C=C(Br)C(=O)C2=C1[C@@H](c1ccc(O)cc1)C1=CC[C@@H]3C(=O)N(c4cccc([N+](=O)[O-])c4)C(=O)[C@@H]3[C@@H]1C2. The highest BCUT2D eigenvalue weighted by molar-refractivity contribution is 9.12. The van der Waals surface area contributed by atoms with Crippen LogP contribution in [-0.4, -0.2) is 33.4 Å². The first-order valence-corrected chi connectivity index (χ1v) is 12.8. The fraction of sp³-hybridized carbons (Fsp3) is 0.214. The molecule has 0 spiro atoms. The molecule has 2 aromatic carbocycles. The third kappa shape index (κ3) is 3.51. The summed E-state index contributed by atoms with van der Waals surface area (Å²) in [5.41, 5.74) is 2.01. The van der Waals surface area contributed by atoms with Gasteiger partial charge in [-0.05, 0) is 58.5 Å². The second-order valence-corrected chi connectivity index (χ2v) is 10.6. The maximum Gasteiger partial charge on any atom is 0.271 e. The summed E-state index contributed by atoms with van der Waals surface area (Å²) in [5.74, 6) is -4.14. The van der Waals surface area contributed by atoms with E-state index in [4.69, 9.17) is 0 Å². The number of imide groups is 1. The van der Waals surface area contributed by atoms with E-state index in [1.165, 1.54) is 42.5 Å².